The summed E-state index contributed by atoms with van der Waals surface area (Å²) < 4.78 is 0. The van der Waals surface area contributed by atoms with Crippen LogP contribution in [0.4, 0.5) is 5.69 Å². The number of aliphatic hydroxyl groups excluding tert-OH is 1. The molecular formula is C19H32BN5OS. The van der Waals surface area contributed by atoms with E-state index in [2.05, 4.69) is 32.7 Å². The summed E-state index contributed by atoms with van der Waals surface area (Å²) in [4.78, 5) is 5.46. The smallest absolute Gasteiger partial charge is 0.142 e. The number of hydrogen-bond acceptors (Lipinski definition) is 6. The van der Waals surface area contributed by atoms with E-state index in [0.717, 1.165) is 61.5 Å². The number of hydrazine groups is 1. The lowest BCUT2D eigenvalue weighted by atomic mass is 9.88. The van der Waals surface area contributed by atoms with E-state index in [-0.39, 0.29) is 0 Å². The number of nitrogens with two attached hydrogens (primary N) is 1. The fourth-order valence-electron chi connectivity index (χ4n) is 4.40. The van der Waals surface area contributed by atoms with Crippen molar-refractivity contribution in [2.75, 3.05) is 44.7 Å². The van der Waals surface area contributed by atoms with Gasteiger partial charge < -0.3 is 20.7 Å². The van der Waals surface area contributed by atoms with Crippen molar-refractivity contribution in [2.24, 2.45) is 5.84 Å². The Morgan fingerprint density at radius 2 is 2.00 bits per heavy atom. The highest BCUT2D eigenvalue weighted by atomic mass is 32.1. The minimum absolute atomic E-state index is 0.542. The maximum atomic E-state index is 10.7. The Morgan fingerprint density at radius 3 is 2.59 bits per heavy atom. The first-order valence-corrected chi connectivity index (χ1v) is 10.4. The molecule has 2 aliphatic heterocycles. The van der Waals surface area contributed by atoms with Crippen molar-refractivity contribution in [3.8, 4) is 0 Å². The van der Waals surface area contributed by atoms with Gasteiger partial charge in [-0.05, 0) is 44.0 Å². The first-order valence-electron chi connectivity index (χ1n) is 9.98. The summed E-state index contributed by atoms with van der Waals surface area (Å²) in [5.74, 6) is 5.58. The number of aryl methyl sites for hydroxylation is 1. The van der Waals surface area contributed by atoms with Gasteiger partial charge >= 0.3 is 0 Å². The second kappa shape index (κ2) is 9.34. The monoisotopic (exact) mass is 389 g/mol. The molecule has 1 aromatic carbocycles. The summed E-state index contributed by atoms with van der Waals surface area (Å²) in [6, 6.07) is 4.85. The topological polar surface area (TPSA) is 76.8 Å². The molecule has 3 rings (SSSR count). The molecule has 1 aromatic rings. The van der Waals surface area contributed by atoms with Crippen molar-refractivity contribution < 1.29 is 5.11 Å². The van der Waals surface area contributed by atoms with Gasteiger partial charge in [-0.15, -0.1) is 0 Å². The average Bonchev–Trinajstić information content (AvgIpc) is 2.68. The number of anilines is 1. The van der Waals surface area contributed by atoms with Gasteiger partial charge in [-0.25, -0.2) is 0 Å². The summed E-state index contributed by atoms with van der Waals surface area (Å²) in [6.45, 7) is 8.16. The van der Waals surface area contributed by atoms with Crippen LogP contribution in [0.2, 0.25) is 0 Å². The van der Waals surface area contributed by atoms with Gasteiger partial charge in [-0.3, -0.25) is 10.7 Å². The summed E-state index contributed by atoms with van der Waals surface area (Å²) >= 11 is 5.62. The molecule has 2 aliphatic rings. The fourth-order valence-corrected chi connectivity index (χ4v) is 4.67. The lowest BCUT2D eigenvalue weighted by molar-refractivity contribution is 0.106. The summed E-state index contributed by atoms with van der Waals surface area (Å²) in [6.07, 6.45) is 2.39. The third-order valence-electron chi connectivity index (χ3n) is 5.90. The highest BCUT2D eigenvalue weighted by Gasteiger charge is 2.27. The number of piperidine rings is 1. The Hall–Kier alpha value is -1.19. The molecule has 0 radical (unpaired) electrons. The van der Waals surface area contributed by atoms with Crippen LogP contribution in [-0.2, 0) is 6.42 Å². The molecule has 2 fully saturated rings. The maximum absolute atomic E-state index is 10.7. The Balaban J connectivity index is 1.53. The molecule has 2 heterocycles. The third kappa shape index (κ3) is 5.00. The van der Waals surface area contributed by atoms with Crippen LogP contribution in [0.1, 0.15) is 24.0 Å². The Kier molecular flexibility index (Phi) is 7.11. The van der Waals surface area contributed by atoms with Gasteiger partial charge in [0.05, 0.1) is 0 Å². The van der Waals surface area contributed by atoms with E-state index in [1.807, 2.05) is 14.8 Å². The van der Waals surface area contributed by atoms with Gasteiger partial charge in [-0.2, -0.15) is 0 Å². The van der Waals surface area contributed by atoms with E-state index >= 15 is 0 Å². The van der Waals surface area contributed by atoms with Gasteiger partial charge in [0.15, 0.2) is 0 Å². The van der Waals surface area contributed by atoms with E-state index < -0.39 is 6.10 Å². The number of thiocarbonyl (C=S) groups is 1. The molecule has 0 aromatic heterocycles. The van der Waals surface area contributed by atoms with Gasteiger partial charge in [0, 0.05) is 44.3 Å². The number of nitrogens with zero attached hydrogens (tertiary/aromatic N) is 2. The number of rotatable bonds is 5. The second-order valence-electron chi connectivity index (χ2n) is 7.81. The SMILES string of the molecule is Bc1cc(C[C@@H](O)C(=S)N2CCN(C3CCNCC3)CC2)cc(C)c1NN. The predicted octanol–water partition coefficient (Wildman–Crippen LogP) is -0.861. The van der Waals surface area contributed by atoms with E-state index in [1.54, 1.807) is 0 Å². The van der Waals surface area contributed by atoms with E-state index in [9.17, 15) is 5.11 Å². The van der Waals surface area contributed by atoms with Crippen LogP contribution in [0, 0.1) is 6.92 Å². The molecule has 27 heavy (non-hydrogen) atoms. The van der Waals surface area contributed by atoms with Gasteiger partial charge in [0.1, 0.15) is 18.9 Å². The first-order chi connectivity index (χ1) is 13.0. The van der Waals surface area contributed by atoms with Crippen LogP contribution in [0.15, 0.2) is 12.1 Å². The molecule has 0 saturated carbocycles. The van der Waals surface area contributed by atoms with Gasteiger partial charge in [0.2, 0.25) is 0 Å². The number of nitrogen functional groups attached to an aromatic ring is 1. The van der Waals surface area contributed by atoms with Crippen LogP contribution in [0.3, 0.4) is 0 Å². The maximum Gasteiger partial charge on any atom is 0.142 e. The highest BCUT2D eigenvalue weighted by Crippen LogP contribution is 2.18. The van der Waals surface area contributed by atoms with Crippen molar-refractivity contribution in [3.05, 3.63) is 23.3 Å². The third-order valence-corrected chi connectivity index (χ3v) is 6.43. The number of hydrogen-bond donors (Lipinski definition) is 4. The summed E-state index contributed by atoms with van der Waals surface area (Å²) in [5, 5.41) is 14.1. The van der Waals surface area contributed by atoms with Crippen LogP contribution in [0.5, 0.6) is 0 Å². The van der Waals surface area contributed by atoms with E-state index in [0.29, 0.717) is 17.5 Å². The molecule has 0 spiro atoms. The molecule has 148 valence electrons. The predicted molar refractivity (Wildman–Crippen MR) is 119 cm³/mol. The Labute approximate surface area is 168 Å². The molecule has 0 aliphatic carbocycles. The van der Waals surface area contributed by atoms with Crippen LogP contribution >= 0.6 is 12.2 Å². The van der Waals surface area contributed by atoms with Crippen molar-refractivity contribution in [1.82, 2.24) is 15.1 Å². The number of piperazine rings is 1. The molecule has 1 atom stereocenters. The summed E-state index contributed by atoms with van der Waals surface area (Å²) in [7, 11) is 2.02. The molecule has 0 bridgehead atoms. The highest BCUT2D eigenvalue weighted by molar-refractivity contribution is 7.80. The van der Waals surface area contributed by atoms with E-state index in [1.165, 1.54) is 12.8 Å². The van der Waals surface area contributed by atoms with Crippen molar-refractivity contribution >= 4 is 36.2 Å². The molecule has 6 nitrogen and oxygen atoms in total. The molecular weight excluding hydrogens is 357 g/mol. The van der Waals surface area contributed by atoms with Crippen LogP contribution in [-0.4, -0.2) is 79.2 Å². The summed E-state index contributed by atoms with van der Waals surface area (Å²) in [5.41, 5.74) is 6.95. The Bertz CT molecular complexity index is 636. The normalized spacial score (nSPS) is 20.5. The quantitative estimate of drug-likeness (QED) is 0.226. The molecule has 0 amide bonds. The van der Waals surface area contributed by atoms with Gasteiger partial charge in [0.25, 0.3) is 0 Å². The van der Waals surface area contributed by atoms with Crippen LogP contribution in [0.25, 0.3) is 0 Å². The van der Waals surface area contributed by atoms with Crippen molar-refractivity contribution in [3.63, 3.8) is 0 Å². The number of benzene rings is 1. The van der Waals surface area contributed by atoms with E-state index in [4.69, 9.17) is 18.1 Å². The van der Waals surface area contributed by atoms with Crippen molar-refractivity contribution in [2.45, 2.75) is 38.3 Å². The first kappa shape index (κ1) is 20.5. The zero-order valence-electron chi connectivity index (χ0n) is 16.5. The fraction of sp³-hybridized carbons (Fsp3) is 0.632. The lowest BCUT2D eigenvalue weighted by Crippen LogP contribution is -2.55. The molecule has 2 saturated heterocycles. The standard InChI is InChI=1S/C19H32BN5OS/c1-13-10-14(11-16(20)18(13)23-21)12-17(26)19(27)25-8-6-24(7-9-25)15-2-4-22-5-3-15/h10-11,15,17,22-23,26H,2-9,12,20-21H2,1H3/t17-/m1/s1. The minimum Gasteiger partial charge on any atom is -0.386 e. The molecule has 5 N–H and O–H groups in total. The van der Waals surface area contributed by atoms with Gasteiger partial charge in [-0.1, -0.05) is 29.8 Å². The minimum atomic E-state index is -0.624. The molecule has 8 heteroatoms. The zero-order valence-corrected chi connectivity index (χ0v) is 17.3. The zero-order chi connectivity index (χ0) is 19.4. The van der Waals surface area contributed by atoms with Crippen molar-refractivity contribution in [1.29, 1.82) is 0 Å². The largest absolute Gasteiger partial charge is 0.386 e. The average molecular weight is 389 g/mol. The second-order valence-corrected chi connectivity index (χ2v) is 8.23. The number of nitrogens with one attached hydrogen (secondary N) is 2. The lowest BCUT2D eigenvalue weighted by Gasteiger charge is -2.42. The number of aliphatic hydroxyl groups is 1. The van der Waals surface area contributed by atoms with Crippen LogP contribution < -0.4 is 22.0 Å². The Morgan fingerprint density at radius 1 is 1.33 bits per heavy atom. The molecule has 0 unspecified atom stereocenters.